The van der Waals surface area contributed by atoms with Crippen LogP contribution in [0.2, 0.25) is 0 Å². The second kappa shape index (κ2) is 5.27. The van der Waals surface area contributed by atoms with Gasteiger partial charge in [-0.05, 0) is 60.1 Å². The van der Waals surface area contributed by atoms with Gasteiger partial charge in [-0.3, -0.25) is 0 Å². The summed E-state index contributed by atoms with van der Waals surface area (Å²) in [7, 11) is 3.40. The SMILES string of the molecule is C=C1[C@@H]2C[C@@H]3[C@@H](c4cc(OC)cc(OC)c4)OCC[C@]3(C2)[C@H]1C. The standard InChI is InChI=1S/C20H26O3/c1-12-13(2)20-5-6-23-19(18(20)9-15(12)11-20)14-7-16(21-3)10-17(8-14)22-4/h7-8,10,13,15,18-19H,1,5-6,9,11H2,2-4H3/t13-,15+,18+,19+,20-/m0/s1. The molecule has 0 N–H and O–H groups in total. The van der Waals surface area contributed by atoms with Crippen LogP contribution in [0.1, 0.15) is 37.9 Å². The predicted octanol–water partition coefficient (Wildman–Crippen LogP) is 4.38. The van der Waals surface area contributed by atoms with Gasteiger partial charge in [0.25, 0.3) is 0 Å². The third-order valence-corrected chi connectivity index (χ3v) is 6.78. The van der Waals surface area contributed by atoms with E-state index in [1.807, 2.05) is 6.07 Å². The summed E-state index contributed by atoms with van der Waals surface area (Å²) >= 11 is 0. The van der Waals surface area contributed by atoms with Gasteiger partial charge in [-0.1, -0.05) is 19.1 Å². The molecule has 124 valence electrons. The van der Waals surface area contributed by atoms with E-state index in [1.165, 1.54) is 30.4 Å². The van der Waals surface area contributed by atoms with Crippen LogP contribution in [-0.2, 0) is 4.74 Å². The van der Waals surface area contributed by atoms with Crippen molar-refractivity contribution in [1.29, 1.82) is 0 Å². The Labute approximate surface area is 138 Å². The first-order valence-corrected chi connectivity index (χ1v) is 8.62. The second-order valence-electron chi connectivity index (χ2n) is 7.46. The summed E-state index contributed by atoms with van der Waals surface area (Å²) in [5.41, 5.74) is 3.06. The van der Waals surface area contributed by atoms with Crippen molar-refractivity contribution in [1.82, 2.24) is 0 Å². The molecule has 0 aromatic heterocycles. The zero-order valence-electron chi connectivity index (χ0n) is 14.3. The lowest BCUT2D eigenvalue weighted by molar-refractivity contribution is -0.106. The third-order valence-electron chi connectivity index (χ3n) is 6.78. The van der Waals surface area contributed by atoms with E-state index in [1.54, 1.807) is 14.2 Å². The van der Waals surface area contributed by atoms with Crippen LogP contribution in [0, 0.1) is 23.2 Å². The lowest BCUT2D eigenvalue weighted by atomic mass is 9.62. The van der Waals surface area contributed by atoms with Crippen molar-refractivity contribution in [2.24, 2.45) is 23.2 Å². The lowest BCUT2D eigenvalue weighted by Crippen LogP contribution is -2.42. The molecule has 3 aliphatic rings. The quantitative estimate of drug-likeness (QED) is 0.775. The molecule has 2 aliphatic carbocycles. The number of fused-ring (bicyclic) bond motifs is 1. The number of benzene rings is 1. The summed E-state index contributed by atoms with van der Waals surface area (Å²) in [4.78, 5) is 0. The van der Waals surface area contributed by atoms with E-state index in [0.29, 0.717) is 23.2 Å². The molecule has 1 aliphatic heterocycles. The Bertz CT molecular complexity index is 616. The molecule has 2 bridgehead atoms. The highest BCUT2D eigenvalue weighted by molar-refractivity contribution is 5.41. The minimum atomic E-state index is 0.147. The molecule has 4 rings (SSSR count). The van der Waals surface area contributed by atoms with Crippen molar-refractivity contribution in [2.75, 3.05) is 20.8 Å². The van der Waals surface area contributed by atoms with Gasteiger partial charge in [0.15, 0.2) is 0 Å². The maximum Gasteiger partial charge on any atom is 0.122 e. The Hall–Kier alpha value is -1.48. The monoisotopic (exact) mass is 314 g/mol. The molecule has 0 radical (unpaired) electrons. The fourth-order valence-corrected chi connectivity index (χ4v) is 5.48. The van der Waals surface area contributed by atoms with E-state index in [2.05, 4.69) is 25.6 Å². The molecule has 2 saturated carbocycles. The Morgan fingerprint density at radius 3 is 2.48 bits per heavy atom. The third kappa shape index (κ3) is 2.06. The van der Waals surface area contributed by atoms with Gasteiger partial charge in [0.2, 0.25) is 0 Å². The highest BCUT2D eigenvalue weighted by Gasteiger charge is 2.61. The average Bonchev–Trinajstić information content (AvgIpc) is 3.09. The van der Waals surface area contributed by atoms with Crippen LogP contribution < -0.4 is 9.47 Å². The van der Waals surface area contributed by atoms with Gasteiger partial charge < -0.3 is 14.2 Å². The normalized spacial score (nSPS) is 38.5. The molecule has 3 heteroatoms. The smallest absolute Gasteiger partial charge is 0.122 e. The molecule has 3 fully saturated rings. The van der Waals surface area contributed by atoms with Crippen molar-refractivity contribution in [3.63, 3.8) is 0 Å². The molecule has 0 unspecified atom stereocenters. The minimum Gasteiger partial charge on any atom is -0.497 e. The summed E-state index contributed by atoms with van der Waals surface area (Å²) in [6.07, 6.45) is 3.84. The molecule has 0 amide bonds. The number of methoxy groups -OCH3 is 2. The highest BCUT2D eigenvalue weighted by atomic mass is 16.5. The molecule has 1 saturated heterocycles. The van der Waals surface area contributed by atoms with Gasteiger partial charge in [-0.25, -0.2) is 0 Å². The van der Waals surface area contributed by atoms with Crippen LogP contribution in [0.15, 0.2) is 30.4 Å². The number of hydrogen-bond donors (Lipinski definition) is 0. The van der Waals surface area contributed by atoms with Gasteiger partial charge in [-0.2, -0.15) is 0 Å². The first-order chi connectivity index (χ1) is 11.1. The fraction of sp³-hybridized carbons (Fsp3) is 0.600. The largest absolute Gasteiger partial charge is 0.497 e. The van der Waals surface area contributed by atoms with Crippen LogP contribution in [0.3, 0.4) is 0 Å². The zero-order valence-corrected chi connectivity index (χ0v) is 14.3. The van der Waals surface area contributed by atoms with E-state index in [-0.39, 0.29) is 6.10 Å². The molecule has 5 atom stereocenters. The average molecular weight is 314 g/mol. The zero-order chi connectivity index (χ0) is 16.2. The molecule has 1 spiro atoms. The van der Waals surface area contributed by atoms with Gasteiger partial charge in [0.05, 0.1) is 20.3 Å². The first kappa shape index (κ1) is 15.1. The molecular formula is C20H26O3. The molecule has 1 aromatic carbocycles. The van der Waals surface area contributed by atoms with Crippen molar-refractivity contribution >= 4 is 0 Å². The number of rotatable bonds is 3. The fourth-order valence-electron chi connectivity index (χ4n) is 5.48. The van der Waals surface area contributed by atoms with Crippen LogP contribution in [-0.4, -0.2) is 20.8 Å². The molecule has 23 heavy (non-hydrogen) atoms. The van der Waals surface area contributed by atoms with Crippen LogP contribution in [0.5, 0.6) is 11.5 Å². The Morgan fingerprint density at radius 2 is 1.87 bits per heavy atom. The second-order valence-corrected chi connectivity index (χ2v) is 7.46. The molecule has 1 heterocycles. The summed E-state index contributed by atoms with van der Waals surface area (Å²) in [5.74, 6) is 3.56. The van der Waals surface area contributed by atoms with Gasteiger partial charge in [-0.15, -0.1) is 0 Å². The molecule has 1 aromatic rings. The van der Waals surface area contributed by atoms with E-state index < -0.39 is 0 Å². The highest BCUT2D eigenvalue weighted by Crippen LogP contribution is 2.69. The van der Waals surface area contributed by atoms with Crippen LogP contribution >= 0.6 is 0 Å². The van der Waals surface area contributed by atoms with Crippen molar-refractivity contribution in [3.8, 4) is 11.5 Å². The van der Waals surface area contributed by atoms with Crippen molar-refractivity contribution in [2.45, 2.75) is 32.3 Å². The summed E-state index contributed by atoms with van der Waals surface area (Å²) in [5, 5.41) is 0. The van der Waals surface area contributed by atoms with E-state index >= 15 is 0 Å². The van der Waals surface area contributed by atoms with Crippen LogP contribution in [0.25, 0.3) is 0 Å². The molecule has 3 nitrogen and oxygen atoms in total. The Kier molecular flexibility index (Phi) is 3.45. The maximum atomic E-state index is 6.27. The lowest BCUT2D eigenvalue weighted by Gasteiger charge is -2.48. The predicted molar refractivity (Wildman–Crippen MR) is 89.8 cm³/mol. The summed E-state index contributed by atoms with van der Waals surface area (Å²) in [6, 6.07) is 6.14. The summed E-state index contributed by atoms with van der Waals surface area (Å²) in [6.45, 7) is 7.59. The van der Waals surface area contributed by atoms with Crippen LogP contribution in [0.4, 0.5) is 0 Å². The number of ether oxygens (including phenoxy) is 3. The number of allylic oxidation sites excluding steroid dienone is 1. The minimum absolute atomic E-state index is 0.147. The van der Waals surface area contributed by atoms with Crippen molar-refractivity contribution in [3.05, 3.63) is 35.9 Å². The molecular weight excluding hydrogens is 288 g/mol. The number of hydrogen-bond acceptors (Lipinski definition) is 3. The topological polar surface area (TPSA) is 27.7 Å². The first-order valence-electron chi connectivity index (χ1n) is 8.62. The van der Waals surface area contributed by atoms with Crippen molar-refractivity contribution < 1.29 is 14.2 Å². The Morgan fingerprint density at radius 1 is 1.17 bits per heavy atom. The van der Waals surface area contributed by atoms with E-state index in [9.17, 15) is 0 Å². The van der Waals surface area contributed by atoms with Gasteiger partial charge in [0.1, 0.15) is 11.5 Å². The summed E-state index contributed by atoms with van der Waals surface area (Å²) < 4.78 is 17.2. The van der Waals surface area contributed by atoms with Gasteiger partial charge in [0, 0.05) is 12.7 Å². The van der Waals surface area contributed by atoms with E-state index in [4.69, 9.17) is 14.2 Å². The van der Waals surface area contributed by atoms with E-state index in [0.717, 1.165) is 18.1 Å². The Balaban J connectivity index is 1.72. The van der Waals surface area contributed by atoms with Gasteiger partial charge >= 0.3 is 0 Å². The maximum absolute atomic E-state index is 6.27.